The first-order valence-electron chi connectivity index (χ1n) is 8.41. The van der Waals surface area contributed by atoms with Crippen LogP contribution < -0.4 is 10.6 Å². The van der Waals surface area contributed by atoms with Gasteiger partial charge in [0.05, 0.1) is 17.9 Å². The third-order valence-electron chi connectivity index (χ3n) is 4.16. The van der Waals surface area contributed by atoms with Gasteiger partial charge in [0.1, 0.15) is 5.01 Å². The first kappa shape index (κ1) is 21.9. The highest BCUT2D eigenvalue weighted by atomic mass is 127. The summed E-state index contributed by atoms with van der Waals surface area (Å²) in [6.45, 7) is 9.88. The molecular formula is C17H29IN6S. The lowest BCUT2D eigenvalue weighted by Crippen LogP contribution is -2.36. The van der Waals surface area contributed by atoms with Crippen molar-refractivity contribution >= 4 is 41.3 Å². The second kappa shape index (κ2) is 10.1. The third kappa shape index (κ3) is 5.40. The molecule has 2 aromatic rings. The molecule has 0 amide bonds. The number of guanidine groups is 1. The summed E-state index contributed by atoms with van der Waals surface area (Å²) in [5.41, 5.74) is 4.83. The molecule has 2 N–H and O–H groups in total. The van der Waals surface area contributed by atoms with Gasteiger partial charge in [-0.25, -0.2) is 4.98 Å². The molecule has 0 unspecified atom stereocenters. The van der Waals surface area contributed by atoms with Crippen LogP contribution in [0.4, 0.5) is 0 Å². The third-order valence-corrected chi connectivity index (χ3v) is 5.24. The zero-order valence-electron chi connectivity index (χ0n) is 15.9. The largest absolute Gasteiger partial charge is 0.352 e. The molecule has 0 aromatic carbocycles. The molecule has 0 fully saturated rings. The smallest absolute Gasteiger partial charge is 0.191 e. The number of aryl methyl sites for hydroxylation is 4. The number of hydrogen-bond acceptors (Lipinski definition) is 4. The molecule has 2 rings (SSSR count). The number of nitrogens with zero attached hydrogens (tertiary/aromatic N) is 4. The van der Waals surface area contributed by atoms with Gasteiger partial charge in [-0.1, -0.05) is 13.8 Å². The van der Waals surface area contributed by atoms with Crippen molar-refractivity contribution in [1.29, 1.82) is 0 Å². The summed E-state index contributed by atoms with van der Waals surface area (Å²) in [6.07, 6.45) is 1.92. The van der Waals surface area contributed by atoms with E-state index in [4.69, 9.17) is 0 Å². The highest BCUT2D eigenvalue weighted by molar-refractivity contribution is 14.0. The fourth-order valence-electron chi connectivity index (χ4n) is 2.76. The molecule has 0 aliphatic heterocycles. The van der Waals surface area contributed by atoms with Gasteiger partial charge in [-0.2, -0.15) is 5.10 Å². The summed E-state index contributed by atoms with van der Waals surface area (Å²) in [4.78, 5) is 10.1. The number of nitrogens with one attached hydrogen (secondary N) is 2. The summed E-state index contributed by atoms with van der Waals surface area (Å²) < 4.78 is 1.99. The van der Waals surface area contributed by atoms with Gasteiger partial charge in [0.2, 0.25) is 0 Å². The highest BCUT2D eigenvalue weighted by Crippen LogP contribution is 2.16. The average Bonchev–Trinajstić information content (AvgIpc) is 3.06. The Morgan fingerprint density at radius 1 is 1.16 bits per heavy atom. The van der Waals surface area contributed by atoms with Crippen LogP contribution in [0.5, 0.6) is 0 Å². The molecule has 25 heavy (non-hydrogen) atoms. The SMILES string of the molecule is CCc1nn(C)c(CC)c1CNC(=NC)NCc1nc(C)c(C)s1.I. The number of halogens is 1. The maximum Gasteiger partial charge on any atom is 0.191 e. The lowest BCUT2D eigenvalue weighted by Gasteiger charge is -2.12. The first-order chi connectivity index (χ1) is 11.5. The highest BCUT2D eigenvalue weighted by Gasteiger charge is 2.14. The Bertz CT molecular complexity index is 700. The fraction of sp³-hybridized carbons (Fsp3) is 0.588. The van der Waals surface area contributed by atoms with E-state index in [1.807, 2.05) is 18.7 Å². The van der Waals surface area contributed by atoms with Crippen molar-refractivity contribution in [3.8, 4) is 0 Å². The molecule has 0 bridgehead atoms. The number of thiazole rings is 1. The van der Waals surface area contributed by atoms with E-state index in [2.05, 4.69) is 46.5 Å². The van der Waals surface area contributed by atoms with Crippen LogP contribution >= 0.6 is 35.3 Å². The van der Waals surface area contributed by atoms with Crippen molar-refractivity contribution in [2.45, 2.75) is 53.6 Å². The van der Waals surface area contributed by atoms with Crippen LogP contribution in [0.2, 0.25) is 0 Å². The summed E-state index contributed by atoms with van der Waals surface area (Å²) in [5.74, 6) is 0.786. The monoisotopic (exact) mass is 476 g/mol. The molecule has 6 nitrogen and oxygen atoms in total. The normalized spacial score (nSPS) is 11.4. The Kier molecular flexibility index (Phi) is 8.84. The number of rotatable bonds is 6. The van der Waals surface area contributed by atoms with Gasteiger partial charge in [0.15, 0.2) is 5.96 Å². The van der Waals surface area contributed by atoms with Crippen LogP contribution in [0.1, 0.15) is 46.4 Å². The van der Waals surface area contributed by atoms with E-state index in [-0.39, 0.29) is 24.0 Å². The minimum atomic E-state index is 0. The zero-order chi connectivity index (χ0) is 17.7. The second-order valence-electron chi connectivity index (χ2n) is 5.73. The summed E-state index contributed by atoms with van der Waals surface area (Å²) in [5, 5.41) is 12.4. The Balaban J connectivity index is 0.00000312. The molecule has 0 saturated carbocycles. The quantitative estimate of drug-likeness (QED) is 0.382. The van der Waals surface area contributed by atoms with E-state index in [9.17, 15) is 0 Å². The predicted octanol–water partition coefficient (Wildman–Crippen LogP) is 3.10. The predicted molar refractivity (Wildman–Crippen MR) is 116 cm³/mol. The van der Waals surface area contributed by atoms with Gasteiger partial charge in [-0.05, 0) is 26.7 Å². The van der Waals surface area contributed by atoms with Crippen molar-refractivity contribution in [2.24, 2.45) is 12.0 Å². The minimum absolute atomic E-state index is 0. The summed E-state index contributed by atoms with van der Waals surface area (Å²) in [7, 11) is 3.81. The van der Waals surface area contributed by atoms with Crippen molar-refractivity contribution in [3.63, 3.8) is 0 Å². The molecule has 0 radical (unpaired) electrons. The molecular weight excluding hydrogens is 447 g/mol. The molecule has 0 saturated heterocycles. The van der Waals surface area contributed by atoms with Crippen LogP contribution in [-0.4, -0.2) is 27.8 Å². The van der Waals surface area contributed by atoms with Crippen molar-refractivity contribution < 1.29 is 0 Å². The maximum atomic E-state index is 4.62. The summed E-state index contributed by atoms with van der Waals surface area (Å²) >= 11 is 1.73. The molecule has 0 atom stereocenters. The number of hydrogen-bond donors (Lipinski definition) is 2. The van der Waals surface area contributed by atoms with Crippen LogP contribution in [0.25, 0.3) is 0 Å². The van der Waals surface area contributed by atoms with Crippen LogP contribution in [0, 0.1) is 13.8 Å². The van der Waals surface area contributed by atoms with Crippen LogP contribution in [0.3, 0.4) is 0 Å². The van der Waals surface area contributed by atoms with Gasteiger partial charge in [-0.3, -0.25) is 9.67 Å². The lowest BCUT2D eigenvalue weighted by molar-refractivity contribution is 0.702. The van der Waals surface area contributed by atoms with E-state index < -0.39 is 0 Å². The van der Waals surface area contributed by atoms with Crippen LogP contribution in [0.15, 0.2) is 4.99 Å². The Morgan fingerprint density at radius 3 is 2.36 bits per heavy atom. The molecule has 2 aromatic heterocycles. The molecule has 140 valence electrons. The van der Waals surface area contributed by atoms with E-state index >= 15 is 0 Å². The first-order valence-corrected chi connectivity index (χ1v) is 9.22. The Morgan fingerprint density at radius 2 is 1.84 bits per heavy atom. The number of aromatic nitrogens is 3. The van der Waals surface area contributed by atoms with E-state index in [1.54, 1.807) is 18.4 Å². The second-order valence-corrected chi connectivity index (χ2v) is 7.02. The summed E-state index contributed by atoms with van der Waals surface area (Å²) in [6, 6.07) is 0. The molecule has 0 spiro atoms. The average molecular weight is 476 g/mol. The van der Waals surface area contributed by atoms with Crippen LogP contribution in [-0.2, 0) is 33.0 Å². The molecule has 2 heterocycles. The van der Waals surface area contributed by atoms with Crippen molar-refractivity contribution in [3.05, 3.63) is 32.5 Å². The van der Waals surface area contributed by atoms with Gasteiger partial charge >= 0.3 is 0 Å². The van der Waals surface area contributed by atoms with Crippen molar-refractivity contribution in [1.82, 2.24) is 25.4 Å². The van der Waals surface area contributed by atoms with E-state index in [0.29, 0.717) is 6.54 Å². The molecule has 8 heteroatoms. The zero-order valence-corrected chi connectivity index (χ0v) is 19.1. The van der Waals surface area contributed by atoms with Gasteiger partial charge in [0, 0.05) is 36.8 Å². The minimum Gasteiger partial charge on any atom is -0.352 e. The van der Waals surface area contributed by atoms with Gasteiger partial charge < -0.3 is 10.6 Å². The Hall–Kier alpha value is -1.16. The van der Waals surface area contributed by atoms with E-state index in [0.717, 1.165) is 41.7 Å². The topological polar surface area (TPSA) is 67.1 Å². The number of aliphatic imine (C=N–C) groups is 1. The fourth-order valence-corrected chi connectivity index (χ4v) is 3.63. The maximum absolute atomic E-state index is 4.62. The molecule has 0 aliphatic carbocycles. The standard InChI is InChI=1S/C17H28N6S.HI/c1-7-14-13(15(8-2)23(6)22-14)9-19-17(18-5)20-10-16-21-11(3)12(4)24-16;/h7-10H2,1-6H3,(H2,18,19,20);1H. The Labute approximate surface area is 171 Å². The van der Waals surface area contributed by atoms with E-state index in [1.165, 1.54) is 16.1 Å². The van der Waals surface area contributed by atoms with Crippen molar-refractivity contribution in [2.75, 3.05) is 7.05 Å². The van der Waals surface area contributed by atoms with Gasteiger partial charge in [-0.15, -0.1) is 35.3 Å². The lowest BCUT2D eigenvalue weighted by atomic mass is 10.1. The van der Waals surface area contributed by atoms with Gasteiger partial charge in [0.25, 0.3) is 0 Å². The molecule has 0 aliphatic rings.